The fourth-order valence-electron chi connectivity index (χ4n) is 5.29. The summed E-state index contributed by atoms with van der Waals surface area (Å²) in [5.41, 5.74) is 3.94. The van der Waals surface area contributed by atoms with Gasteiger partial charge in [-0.25, -0.2) is 13.8 Å². The van der Waals surface area contributed by atoms with Crippen molar-refractivity contribution in [3.63, 3.8) is 0 Å². The van der Waals surface area contributed by atoms with Gasteiger partial charge in [-0.1, -0.05) is 0 Å². The second-order valence-electron chi connectivity index (χ2n) is 9.10. The first-order chi connectivity index (χ1) is 16.7. The van der Waals surface area contributed by atoms with Crippen LogP contribution in [0.4, 0.5) is 14.6 Å². The monoisotopic (exact) mass is 460 g/mol. The molecule has 4 aromatic rings. The van der Waals surface area contributed by atoms with Crippen molar-refractivity contribution in [1.82, 2.24) is 25.1 Å². The highest BCUT2D eigenvalue weighted by Crippen LogP contribution is 2.38. The summed E-state index contributed by atoms with van der Waals surface area (Å²) in [5.74, 6) is -0.0580. The summed E-state index contributed by atoms with van der Waals surface area (Å²) < 4.78 is 30.5. The van der Waals surface area contributed by atoms with Gasteiger partial charge < -0.3 is 10.2 Å². The number of nitrogens with one attached hydrogen (secondary N) is 1. The Morgan fingerprint density at radius 3 is 2.76 bits per heavy atom. The number of piperidine rings is 1. The van der Waals surface area contributed by atoms with Crippen molar-refractivity contribution in [2.75, 3.05) is 24.5 Å². The molecule has 5 heterocycles. The van der Waals surface area contributed by atoms with Crippen LogP contribution in [0.3, 0.4) is 0 Å². The van der Waals surface area contributed by atoms with Gasteiger partial charge in [0, 0.05) is 35.6 Å². The molecule has 6 rings (SSSR count). The van der Waals surface area contributed by atoms with Crippen LogP contribution in [0.5, 0.6) is 0 Å². The summed E-state index contributed by atoms with van der Waals surface area (Å²) in [5, 5.41) is 8.04. The number of hydrogen-bond acceptors (Lipinski definition) is 5. The standard InChI is InChI=1S/C26H26F2N6/c27-18-3-4-22(28)21(14-18)24-2-1-13-33(24)25-6-5-23-26(32-25)20(9-12-30-23)17-15-31-34(16-17)19-7-10-29-11-8-19/h3-6,9,12,14-16,19,24,29H,1-2,7-8,10-11,13H2/t24-/m1/s1. The molecule has 2 saturated heterocycles. The third-order valence-corrected chi connectivity index (χ3v) is 7.03. The molecule has 8 heteroatoms. The number of aromatic nitrogens is 4. The van der Waals surface area contributed by atoms with Crippen molar-refractivity contribution in [3.8, 4) is 11.1 Å². The Morgan fingerprint density at radius 1 is 1.00 bits per heavy atom. The van der Waals surface area contributed by atoms with Crippen molar-refractivity contribution < 1.29 is 8.78 Å². The molecule has 34 heavy (non-hydrogen) atoms. The number of pyridine rings is 2. The molecule has 174 valence electrons. The Bertz CT molecular complexity index is 1330. The predicted molar refractivity (Wildman–Crippen MR) is 128 cm³/mol. The Morgan fingerprint density at radius 2 is 1.88 bits per heavy atom. The quantitative estimate of drug-likeness (QED) is 0.463. The minimum atomic E-state index is -0.424. The number of hydrogen-bond donors (Lipinski definition) is 1. The van der Waals surface area contributed by atoms with Crippen LogP contribution < -0.4 is 10.2 Å². The van der Waals surface area contributed by atoms with E-state index in [1.807, 2.05) is 24.4 Å². The Balaban J connectivity index is 1.37. The van der Waals surface area contributed by atoms with E-state index in [2.05, 4.69) is 31.2 Å². The van der Waals surface area contributed by atoms with E-state index in [4.69, 9.17) is 4.98 Å². The SMILES string of the molecule is Fc1ccc(F)c([C@H]2CCCN2c2ccc3nccc(-c4cnn(C5CCNCC5)c4)c3n2)c1. The molecule has 1 aromatic carbocycles. The van der Waals surface area contributed by atoms with E-state index in [-0.39, 0.29) is 11.9 Å². The van der Waals surface area contributed by atoms with Crippen LogP contribution in [0.15, 0.2) is 55.0 Å². The van der Waals surface area contributed by atoms with E-state index < -0.39 is 5.82 Å². The van der Waals surface area contributed by atoms with Crippen molar-refractivity contribution in [2.24, 2.45) is 0 Å². The first kappa shape index (κ1) is 21.2. The first-order valence-electron chi connectivity index (χ1n) is 11.9. The van der Waals surface area contributed by atoms with Gasteiger partial charge in [-0.3, -0.25) is 9.67 Å². The largest absolute Gasteiger partial charge is 0.349 e. The lowest BCUT2D eigenvalue weighted by molar-refractivity contribution is 0.343. The van der Waals surface area contributed by atoms with E-state index in [1.54, 1.807) is 6.20 Å². The lowest BCUT2D eigenvalue weighted by Crippen LogP contribution is -2.29. The molecule has 6 nitrogen and oxygen atoms in total. The summed E-state index contributed by atoms with van der Waals surface area (Å²) in [6.07, 6.45) is 9.56. The van der Waals surface area contributed by atoms with E-state index in [0.717, 1.165) is 79.4 Å². The van der Waals surface area contributed by atoms with Gasteiger partial charge >= 0.3 is 0 Å². The molecule has 0 spiro atoms. The number of halogens is 2. The average Bonchev–Trinajstić information content (AvgIpc) is 3.56. The van der Waals surface area contributed by atoms with Crippen LogP contribution in [0.1, 0.15) is 43.3 Å². The third-order valence-electron chi connectivity index (χ3n) is 7.03. The van der Waals surface area contributed by atoms with Gasteiger partial charge in [-0.05, 0) is 75.2 Å². The number of benzene rings is 1. The molecule has 0 amide bonds. The number of nitrogens with zero attached hydrogens (tertiary/aromatic N) is 5. The molecule has 1 atom stereocenters. The topological polar surface area (TPSA) is 58.9 Å². The molecule has 0 aliphatic carbocycles. The van der Waals surface area contributed by atoms with E-state index >= 15 is 0 Å². The zero-order valence-electron chi connectivity index (χ0n) is 18.8. The van der Waals surface area contributed by atoms with Crippen molar-refractivity contribution in [1.29, 1.82) is 0 Å². The van der Waals surface area contributed by atoms with Crippen LogP contribution in [-0.4, -0.2) is 39.4 Å². The molecule has 2 fully saturated rings. The van der Waals surface area contributed by atoms with Gasteiger partial charge in [0.2, 0.25) is 0 Å². The maximum absolute atomic E-state index is 14.6. The fourth-order valence-corrected chi connectivity index (χ4v) is 5.29. The molecule has 2 aliphatic rings. The summed E-state index contributed by atoms with van der Waals surface area (Å²) in [6, 6.07) is 9.67. The molecule has 0 radical (unpaired) electrons. The molecule has 2 aliphatic heterocycles. The highest BCUT2D eigenvalue weighted by atomic mass is 19.1. The number of anilines is 1. The average molecular weight is 461 g/mol. The second kappa shape index (κ2) is 8.76. The molecule has 0 bridgehead atoms. The van der Waals surface area contributed by atoms with E-state index in [0.29, 0.717) is 11.6 Å². The third kappa shape index (κ3) is 3.81. The maximum Gasteiger partial charge on any atom is 0.129 e. The van der Waals surface area contributed by atoms with E-state index in [1.165, 1.54) is 12.1 Å². The maximum atomic E-state index is 14.6. The van der Waals surface area contributed by atoms with Gasteiger partial charge in [-0.15, -0.1) is 0 Å². The summed E-state index contributed by atoms with van der Waals surface area (Å²) >= 11 is 0. The van der Waals surface area contributed by atoms with E-state index in [9.17, 15) is 8.78 Å². The first-order valence-corrected chi connectivity index (χ1v) is 11.9. The molecule has 0 unspecified atom stereocenters. The zero-order chi connectivity index (χ0) is 23.1. The van der Waals surface area contributed by atoms with Gasteiger partial charge in [0.25, 0.3) is 0 Å². The Kier molecular flexibility index (Phi) is 5.45. The van der Waals surface area contributed by atoms with Crippen LogP contribution in [0, 0.1) is 11.6 Å². The van der Waals surface area contributed by atoms with Gasteiger partial charge in [-0.2, -0.15) is 5.10 Å². The van der Waals surface area contributed by atoms with Crippen LogP contribution >= 0.6 is 0 Å². The number of rotatable bonds is 4. The molecule has 3 aromatic heterocycles. The van der Waals surface area contributed by atoms with Crippen LogP contribution in [0.2, 0.25) is 0 Å². The van der Waals surface area contributed by atoms with Gasteiger partial charge in [0.15, 0.2) is 0 Å². The van der Waals surface area contributed by atoms with Crippen LogP contribution in [-0.2, 0) is 0 Å². The van der Waals surface area contributed by atoms with Gasteiger partial charge in [0.05, 0.1) is 29.3 Å². The number of fused-ring (bicyclic) bond motifs is 1. The minimum absolute atomic E-state index is 0.247. The second-order valence-corrected chi connectivity index (χ2v) is 9.10. The highest BCUT2D eigenvalue weighted by Gasteiger charge is 2.30. The zero-order valence-corrected chi connectivity index (χ0v) is 18.8. The van der Waals surface area contributed by atoms with Crippen molar-refractivity contribution >= 4 is 16.9 Å². The minimum Gasteiger partial charge on any atom is -0.349 e. The Hall–Kier alpha value is -3.39. The highest BCUT2D eigenvalue weighted by molar-refractivity contribution is 5.91. The fraction of sp³-hybridized carbons (Fsp3) is 0.346. The lowest BCUT2D eigenvalue weighted by Gasteiger charge is -2.26. The smallest absolute Gasteiger partial charge is 0.129 e. The molecule has 1 N–H and O–H groups in total. The predicted octanol–water partition coefficient (Wildman–Crippen LogP) is 5.04. The normalized spacial score (nSPS) is 19.2. The van der Waals surface area contributed by atoms with Crippen LogP contribution in [0.25, 0.3) is 22.2 Å². The molecule has 0 saturated carbocycles. The van der Waals surface area contributed by atoms with Gasteiger partial charge in [0.1, 0.15) is 17.5 Å². The summed E-state index contributed by atoms with van der Waals surface area (Å²) in [7, 11) is 0. The summed E-state index contributed by atoms with van der Waals surface area (Å²) in [4.78, 5) is 11.6. The van der Waals surface area contributed by atoms with Crippen molar-refractivity contribution in [2.45, 2.75) is 37.8 Å². The van der Waals surface area contributed by atoms with Crippen molar-refractivity contribution in [3.05, 3.63) is 72.2 Å². The molecular weight excluding hydrogens is 434 g/mol. The Labute approximate surface area is 196 Å². The summed E-state index contributed by atoms with van der Waals surface area (Å²) in [6.45, 7) is 2.75. The molecular formula is C26H26F2N6. The lowest BCUT2D eigenvalue weighted by atomic mass is 10.0.